The van der Waals surface area contributed by atoms with Crippen LogP contribution in [0.5, 0.6) is 0 Å². The zero-order valence-corrected chi connectivity index (χ0v) is 42.2. The van der Waals surface area contributed by atoms with E-state index in [1.807, 2.05) is 0 Å². The molecule has 9 aromatic carbocycles. The number of rotatable bonds is 5. The summed E-state index contributed by atoms with van der Waals surface area (Å²) in [6.07, 6.45) is 0. The first-order valence-corrected chi connectivity index (χ1v) is 25.3. The molecule has 5 heteroatoms. The van der Waals surface area contributed by atoms with Crippen molar-refractivity contribution >= 4 is 95.6 Å². The maximum absolute atomic E-state index is 7.07. The number of aromatic nitrogens is 1. The molecular weight excluding hydrogens is 862 g/mol. The van der Waals surface area contributed by atoms with Crippen LogP contribution >= 0.6 is 0 Å². The molecule has 71 heavy (non-hydrogen) atoms. The van der Waals surface area contributed by atoms with Crippen molar-refractivity contribution in [2.75, 3.05) is 9.80 Å². The van der Waals surface area contributed by atoms with Crippen molar-refractivity contribution in [2.45, 2.75) is 78.6 Å². The molecule has 2 aliphatic rings. The summed E-state index contributed by atoms with van der Waals surface area (Å²) in [5, 5.41) is 4.83. The average molecular weight is 920 g/mol. The molecule has 0 atom stereocenters. The van der Waals surface area contributed by atoms with Gasteiger partial charge in [-0.15, -0.1) is 0 Å². The molecule has 2 aliphatic heterocycles. The molecule has 0 saturated heterocycles. The maximum atomic E-state index is 7.07. The van der Waals surface area contributed by atoms with E-state index >= 15 is 0 Å². The van der Waals surface area contributed by atoms with Crippen molar-refractivity contribution in [3.05, 3.63) is 205 Å². The molecule has 13 rings (SSSR count). The van der Waals surface area contributed by atoms with E-state index in [4.69, 9.17) is 4.42 Å². The predicted octanol–water partition coefficient (Wildman–Crippen LogP) is 17.1. The van der Waals surface area contributed by atoms with Crippen molar-refractivity contribution in [1.29, 1.82) is 0 Å². The van der Waals surface area contributed by atoms with E-state index in [2.05, 4.69) is 265 Å². The van der Waals surface area contributed by atoms with E-state index in [9.17, 15) is 0 Å². The smallest absolute Gasteiger partial charge is 0.333 e. The molecule has 0 spiro atoms. The van der Waals surface area contributed by atoms with Crippen molar-refractivity contribution < 1.29 is 4.42 Å². The van der Waals surface area contributed by atoms with Gasteiger partial charge in [0.15, 0.2) is 0 Å². The third-order valence-electron chi connectivity index (χ3n) is 15.4. The van der Waals surface area contributed by atoms with E-state index in [-0.39, 0.29) is 23.1 Å². The van der Waals surface area contributed by atoms with Gasteiger partial charge in [0.05, 0.1) is 16.8 Å². The molecule has 0 fully saturated rings. The summed E-state index contributed by atoms with van der Waals surface area (Å²) in [5.74, 6) is 0. The number of anilines is 6. The molecule has 0 N–H and O–H groups in total. The number of furan rings is 1. The Morgan fingerprint density at radius 1 is 0.437 bits per heavy atom. The molecule has 0 saturated carbocycles. The Bertz CT molecular complexity index is 3900. The van der Waals surface area contributed by atoms with Gasteiger partial charge < -0.3 is 18.7 Å². The Morgan fingerprint density at radius 3 is 1.69 bits per heavy atom. The second-order valence-electron chi connectivity index (χ2n) is 23.0. The highest BCUT2D eigenvalue weighted by atomic mass is 16.3. The van der Waals surface area contributed by atoms with Crippen molar-refractivity contribution in [3.63, 3.8) is 0 Å². The summed E-state index contributed by atoms with van der Waals surface area (Å²) < 4.78 is 9.79. The lowest BCUT2D eigenvalue weighted by Gasteiger charge is -2.42. The first kappa shape index (κ1) is 43.3. The SMILES string of the molecule is CC(C)(C)c1ccc(N2c3ccc(N(c4ccccc4)c4ccccc4)cc3B3c4c(cc5oc6ccccc6c5c42)-c2cc(C(C)(C)C)cc4c5cc(C(C)(C)C)ccc5n3c24)c(-c2ccccc2)c1. The standard InChI is InChI=1S/C66H58BN3O/c1-64(2,3)42-29-32-55(49(35-42)41-21-13-10-14-22-41)69-57-34-31-47(68(45-23-15-11-16-24-45)46-25-17-12-18-26-46)39-54(57)67-61-51(40-59-60(63(61)69)48-27-19-20-28-58(48)71-59)53-38-44(66(7,8)9)37-52-50-36-43(65(4,5)6)30-33-56(50)70(67)62(52)53/h10-40H,1-9H3. The summed E-state index contributed by atoms with van der Waals surface area (Å²) in [5.41, 5.74) is 22.2. The van der Waals surface area contributed by atoms with Crippen LogP contribution in [0.2, 0.25) is 0 Å². The molecule has 0 aliphatic carbocycles. The van der Waals surface area contributed by atoms with Crippen molar-refractivity contribution in [3.8, 4) is 22.3 Å². The summed E-state index contributed by atoms with van der Waals surface area (Å²) in [6, 6.07) is 70.3. The van der Waals surface area contributed by atoms with Crippen LogP contribution in [0.4, 0.5) is 34.1 Å². The van der Waals surface area contributed by atoms with Gasteiger partial charge in [0.25, 0.3) is 0 Å². The Balaban J connectivity index is 1.23. The fraction of sp³-hybridized carbons (Fsp3) is 0.182. The summed E-state index contributed by atoms with van der Waals surface area (Å²) in [4.78, 5) is 5.02. The average Bonchev–Trinajstić information content (AvgIpc) is 3.91. The highest BCUT2D eigenvalue weighted by Gasteiger charge is 2.46. The van der Waals surface area contributed by atoms with Crippen molar-refractivity contribution in [1.82, 2.24) is 4.48 Å². The summed E-state index contributed by atoms with van der Waals surface area (Å²) in [7, 11) is 0. The highest BCUT2D eigenvalue weighted by Crippen LogP contribution is 2.53. The van der Waals surface area contributed by atoms with Crippen LogP contribution < -0.4 is 20.7 Å². The zero-order valence-electron chi connectivity index (χ0n) is 42.2. The molecule has 0 radical (unpaired) electrons. The first-order chi connectivity index (χ1) is 34.1. The summed E-state index contributed by atoms with van der Waals surface area (Å²) in [6.45, 7) is 20.8. The minimum Gasteiger partial charge on any atom is -0.456 e. The van der Waals surface area contributed by atoms with Gasteiger partial charge in [0.1, 0.15) is 11.2 Å². The lowest BCUT2D eigenvalue weighted by Crippen LogP contribution is -2.56. The molecule has 346 valence electrons. The number of hydrogen-bond acceptors (Lipinski definition) is 3. The normalized spacial score (nSPS) is 13.4. The van der Waals surface area contributed by atoms with Gasteiger partial charge in [-0.2, -0.15) is 0 Å². The quantitative estimate of drug-likeness (QED) is 0.161. The third-order valence-corrected chi connectivity index (χ3v) is 15.4. The van der Waals surface area contributed by atoms with Gasteiger partial charge in [-0.3, -0.25) is 0 Å². The maximum Gasteiger partial charge on any atom is 0.333 e. The van der Waals surface area contributed by atoms with Crippen LogP contribution in [0.1, 0.15) is 79.0 Å². The lowest BCUT2D eigenvalue weighted by atomic mass is 9.44. The van der Waals surface area contributed by atoms with Crippen molar-refractivity contribution in [2.24, 2.45) is 0 Å². The Kier molecular flexibility index (Phi) is 9.37. The number of fused-ring (bicyclic) bond motifs is 11. The fourth-order valence-electron chi connectivity index (χ4n) is 11.7. The van der Waals surface area contributed by atoms with Gasteiger partial charge in [-0.25, -0.2) is 0 Å². The second-order valence-corrected chi connectivity index (χ2v) is 23.0. The minimum absolute atomic E-state index is 0.0287. The molecule has 4 nitrogen and oxygen atoms in total. The fourth-order valence-corrected chi connectivity index (χ4v) is 11.7. The third kappa shape index (κ3) is 6.66. The van der Waals surface area contributed by atoms with Gasteiger partial charge in [0.2, 0.25) is 0 Å². The Morgan fingerprint density at radius 2 is 1.01 bits per heavy atom. The Labute approximate surface area is 417 Å². The van der Waals surface area contributed by atoms with Crippen LogP contribution in [0.15, 0.2) is 192 Å². The lowest BCUT2D eigenvalue weighted by molar-refractivity contribution is 0.590. The molecule has 4 heterocycles. The highest BCUT2D eigenvalue weighted by molar-refractivity contribution is 6.90. The van der Waals surface area contributed by atoms with Gasteiger partial charge in [0, 0.05) is 61.1 Å². The zero-order chi connectivity index (χ0) is 48.7. The topological polar surface area (TPSA) is 24.6 Å². The molecule has 0 unspecified atom stereocenters. The van der Waals surface area contributed by atoms with Crippen LogP contribution in [-0.4, -0.2) is 11.3 Å². The number of para-hydroxylation sites is 3. The number of benzene rings is 9. The molecule has 11 aromatic rings. The van der Waals surface area contributed by atoms with Gasteiger partial charge in [-0.1, -0.05) is 159 Å². The van der Waals surface area contributed by atoms with E-state index in [0.29, 0.717) is 0 Å². The first-order valence-electron chi connectivity index (χ1n) is 25.3. The second kappa shape index (κ2) is 15.4. The van der Waals surface area contributed by atoms with E-state index in [1.165, 1.54) is 77.4 Å². The van der Waals surface area contributed by atoms with Gasteiger partial charge in [-0.05, 0) is 146 Å². The molecule has 2 aromatic heterocycles. The molecule has 0 amide bonds. The molecule has 0 bridgehead atoms. The minimum atomic E-state index is -0.194. The van der Waals surface area contributed by atoms with E-state index in [0.717, 1.165) is 50.4 Å². The van der Waals surface area contributed by atoms with E-state index in [1.54, 1.807) is 0 Å². The summed E-state index contributed by atoms with van der Waals surface area (Å²) >= 11 is 0. The monoisotopic (exact) mass is 919 g/mol. The van der Waals surface area contributed by atoms with Crippen LogP contribution in [-0.2, 0) is 16.2 Å². The van der Waals surface area contributed by atoms with Crippen LogP contribution in [0.25, 0.3) is 66.0 Å². The largest absolute Gasteiger partial charge is 0.456 e. The number of hydrogen-bond donors (Lipinski definition) is 0. The Hall–Kier alpha value is -7.76. The van der Waals surface area contributed by atoms with E-state index < -0.39 is 0 Å². The number of nitrogens with zero attached hydrogens (tertiary/aromatic N) is 3. The predicted molar refractivity (Wildman–Crippen MR) is 303 cm³/mol. The van der Waals surface area contributed by atoms with Gasteiger partial charge >= 0.3 is 6.85 Å². The molecular formula is C66H58BN3O. The van der Waals surface area contributed by atoms with Crippen LogP contribution in [0, 0.1) is 0 Å². The van der Waals surface area contributed by atoms with Crippen LogP contribution in [0.3, 0.4) is 0 Å².